The third-order valence-corrected chi connectivity index (χ3v) is 14.0. The second kappa shape index (κ2) is 14.9. The number of anilines is 12. The summed E-state index contributed by atoms with van der Waals surface area (Å²) in [4.78, 5) is 9.71. The molecule has 0 saturated carbocycles. The van der Waals surface area contributed by atoms with Gasteiger partial charge in [0.15, 0.2) is 0 Å². The summed E-state index contributed by atoms with van der Waals surface area (Å²) >= 11 is 0. The highest BCUT2D eigenvalue weighted by Crippen LogP contribution is 2.46. The quantitative estimate of drug-likeness (QED) is 0.155. The first-order valence-electron chi connectivity index (χ1n) is 23.1. The van der Waals surface area contributed by atoms with E-state index in [2.05, 4.69) is 262 Å². The molecule has 7 heteroatoms. The molecule has 4 aliphatic rings. The lowest BCUT2D eigenvalue weighted by Gasteiger charge is -2.44. The maximum Gasteiger partial charge on any atom is 0.252 e. The second-order valence-electron chi connectivity index (χ2n) is 17.6. The zero-order valence-corrected chi connectivity index (χ0v) is 36.4. The summed E-state index contributed by atoms with van der Waals surface area (Å²) in [6, 6.07) is 87.7. The van der Waals surface area contributed by atoms with Gasteiger partial charge in [-0.05, 0) is 154 Å². The molecular weight excluding hydrogens is 814 g/mol. The fraction of sp³-hybridized carbons (Fsp3) is 0. The van der Waals surface area contributed by atoms with Gasteiger partial charge in [0, 0.05) is 68.2 Å². The number of hydrogen-bond donors (Lipinski definition) is 0. The van der Waals surface area contributed by atoms with E-state index >= 15 is 0 Å². The van der Waals surface area contributed by atoms with Crippen molar-refractivity contribution in [3.63, 3.8) is 0 Å². The molecule has 0 bridgehead atoms. The van der Waals surface area contributed by atoms with Crippen LogP contribution in [-0.4, -0.2) is 13.4 Å². The predicted octanol–water partition coefficient (Wildman–Crippen LogP) is 11.6. The normalized spacial score (nSPS) is 13.5. The summed E-state index contributed by atoms with van der Waals surface area (Å²) < 4.78 is 7.15. The van der Waals surface area contributed by atoms with Crippen LogP contribution in [-0.2, 0) is 0 Å². The van der Waals surface area contributed by atoms with E-state index in [0.29, 0.717) is 0 Å². The van der Waals surface area contributed by atoms with Crippen LogP contribution in [0, 0.1) is 0 Å². The van der Waals surface area contributed by atoms with E-state index < -0.39 is 0 Å². The molecule has 10 aromatic rings. The monoisotopic (exact) mass is 854 g/mol. The van der Waals surface area contributed by atoms with E-state index in [1.54, 1.807) is 0 Å². The molecule has 67 heavy (non-hydrogen) atoms. The first-order valence-corrected chi connectivity index (χ1v) is 23.1. The summed E-state index contributed by atoms with van der Waals surface area (Å²) in [5.41, 5.74) is 21.4. The molecule has 0 fully saturated rings. The maximum atomic E-state index is 7.15. The summed E-state index contributed by atoms with van der Waals surface area (Å²) in [6.07, 6.45) is 0. The van der Waals surface area contributed by atoms with Gasteiger partial charge in [0.05, 0.1) is 0 Å². The van der Waals surface area contributed by atoms with Gasteiger partial charge in [-0.3, -0.25) is 0 Å². The van der Waals surface area contributed by atoms with Crippen molar-refractivity contribution in [1.29, 1.82) is 0 Å². The minimum absolute atomic E-state index is 0.0231. The Kier molecular flexibility index (Phi) is 8.40. The molecule has 0 N–H and O–H groups in total. The number of hydrogen-bond acceptors (Lipinski definition) is 5. The highest BCUT2D eigenvalue weighted by Gasteiger charge is 2.45. The largest absolute Gasteiger partial charge is 0.457 e. The molecule has 0 spiro atoms. The van der Waals surface area contributed by atoms with E-state index in [9.17, 15) is 0 Å². The van der Waals surface area contributed by atoms with Crippen molar-refractivity contribution in [2.45, 2.75) is 0 Å². The van der Waals surface area contributed by atoms with Crippen molar-refractivity contribution >= 4 is 114 Å². The van der Waals surface area contributed by atoms with Crippen LogP contribution in [0.1, 0.15) is 0 Å². The third kappa shape index (κ3) is 5.71. The number of fused-ring (bicyclic) bond motifs is 8. The van der Waals surface area contributed by atoms with Crippen LogP contribution in [0.25, 0.3) is 0 Å². The van der Waals surface area contributed by atoms with E-state index in [0.717, 1.165) is 45.6 Å². The van der Waals surface area contributed by atoms with Crippen molar-refractivity contribution in [3.8, 4) is 11.5 Å². The summed E-state index contributed by atoms with van der Waals surface area (Å²) in [5, 5.41) is 0. The molecule has 10 aromatic carbocycles. The first-order chi connectivity index (χ1) is 33.3. The fourth-order valence-corrected chi connectivity index (χ4v) is 11.4. The number of para-hydroxylation sites is 6. The van der Waals surface area contributed by atoms with Gasteiger partial charge >= 0.3 is 0 Å². The number of nitrogens with zero attached hydrogens (tertiary/aromatic N) is 4. The van der Waals surface area contributed by atoms with E-state index in [1.807, 2.05) is 0 Å². The highest BCUT2D eigenvalue weighted by molar-refractivity contribution is 7.01. The summed E-state index contributed by atoms with van der Waals surface area (Å²) in [6.45, 7) is -0.0462. The average molecular weight is 855 g/mol. The van der Waals surface area contributed by atoms with E-state index in [4.69, 9.17) is 4.74 Å². The smallest absolute Gasteiger partial charge is 0.252 e. The van der Waals surface area contributed by atoms with Crippen LogP contribution in [0.4, 0.5) is 68.2 Å². The first kappa shape index (κ1) is 37.7. The Morgan fingerprint density at radius 3 is 0.866 bits per heavy atom. The molecule has 0 radical (unpaired) electrons. The van der Waals surface area contributed by atoms with Crippen LogP contribution in [0.3, 0.4) is 0 Å². The molecule has 0 saturated heterocycles. The molecule has 0 unspecified atom stereocenters. The molecule has 4 heterocycles. The van der Waals surface area contributed by atoms with Gasteiger partial charge in [-0.1, -0.05) is 121 Å². The van der Waals surface area contributed by atoms with E-state index in [1.165, 1.54) is 66.9 Å². The topological polar surface area (TPSA) is 22.2 Å². The average Bonchev–Trinajstić information content (AvgIpc) is 3.39. The van der Waals surface area contributed by atoms with Crippen LogP contribution in [0.2, 0.25) is 0 Å². The SMILES string of the molecule is c1ccc(N2c3ccccc3B3c4cc(Oc5ccc6c(c5)B5c7ccccc7N(c7ccccc7)c7cccc(c75)N6c5ccccc5)ccc4N(c4ccccc4)c4cccc2c43)cc1. The van der Waals surface area contributed by atoms with Gasteiger partial charge < -0.3 is 24.3 Å². The molecule has 4 aliphatic heterocycles. The van der Waals surface area contributed by atoms with Gasteiger partial charge in [-0.25, -0.2) is 0 Å². The van der Waals surface area contributed by atoms with Gasteiger partial charge in [0.25, 0.3) is 13.4 Å². The molecule has 0 atom stereocenters. The van der Waals surface area contributed by atoms with Crippen LogP contribution >= 0.6 is 0 Å². The fourth-order valence-electron chi connectivity index (χ4n) is 11.4. The van der Waals surface area contributed by atoms with Crippen molar-refractivity contribution in [2.24, 2.45) is 0 Å². The lowest BCUT2D eigenvalue weighted by atomic mass is 9.33. The second-order valence-corrected chi connectivity index (χ2v) is 17.6. The Morgan fingerprint density at radius 1 is 0.239 bits per heavy atom. The number of ether oxygens (including phenoxy) is 1. The third-order valence-electron chi connectivity index (χ3n) is 14.0. The van der Waals surface area contributed by atoms with Crippen molar-refractivity contribution in [1.82, 2.24) is 0 Å². The summed E-state index contributed by atoms with van der Waals surface area (Å²) in [5.74, 6) is 1.60. The standard InChI is InChI=1S/C60H40B2N4O/c1-5-19-41(20-6-1)63-51-29-15-13-27-47(51)61-49-39-45(35-37-53(49)65(43-23-9-3-10-24-43)57-33-17-31-55(63)59(57)61)67-46-36-38-54-50(40-46)62-48-28-14-16-30-52(48)64(42-21-7-2-8-22-42)56-32-18-34-58(60(56)62)66(54)44-25-11-4-12-26-44/h1-40H. The van der Waals surface area contributed by atoms with Gasteiger partial charge in [-0.2, -0.15) is 0 Å². The minimum Gasteiger partial charge on any atom is -0.457 e. The molecule has 5 nitrogen and oxygen atoms in total. The molecular formula is C60H40B2N4O. The summed E-state index contributed by atoms with van der Waals surface area (Å²) in [7, 11) is 0. The van der Waals surface area contributed by atoms with Gasteiger partial charge in [-0.15, -0.1) is 0 Å². The number of rotatable bonds is 6. The maximum absolute atomic E-state index is 7.15. The minimum atomic E-state index is -0.0231. The van der Waals surface area contributed by atoms with Gasteiger partial charge in [0.1, 0.15) is 11.5 Å². The van der Waals surface area contributed by atoms with E-state index in [-0.39, 0.29) is 13.4 Å². The highest BCUT2D eigenvalue weighted by atomic mass is 16.5. The Hall–Kier alpha value is -8.67. The van der Waals surface area contributed by atoms with Crippen molar-refractivity contribution in [2.75, 3.05) is 19.6 Å². The molecule has 14 rings (SSSR count). The Morgan fingerprint density at radius 2 is 0.522 bits per heavy atom. The molecule has 0 aliphatic carbocycles. The lowest BCUT2D eigenvalue weighted by Crippen LogP contribution is -2.61. The lowest BCUT2D eigenvalue weighted by molar-refractivity contribution is 0.483. The van der Waals surface area contributed by atoms with Crippen molar-refractivity contribution in [3.05, 3.63) is 243 Å². The predicted molar refractivity (Wildman–Crippen MR) is 281 cm³/mol. The molecule has 0 amide bonds. The van der Waals surface area contributed by atoms with Crippen LogP contribution < -0.4 is 57.1 Å². The Labute approximate surface area is 391 Å². The van der Waals surface area contributed by atoms with Crippen molar-refractivity contribution < 1.29 is 4.74 Å². The number of benzene rings is 10. The van der Waals surface area contributed by atoms with Crippen LogP contribution in [0.5, 0.6) is 11.5 Å². The zero-order valence-electron chi connectivity index (χ0n) is 36.4. The Balaban J connectivity index is 0.936. The van der Waals surface area contributed by atoms with Gasteiger partial charge in [0.2, 0.25) is 0 Å². The Bertz CT molecular complexity index is 3290. The van der Waals surface area contributed by atoms with Crippen LogP contribution in [0.15, 0.2) is 243 Å². The molecule has 0 aromatic heterocycles. The molecule has 312 valence electrons. The zero-order chi connectivity index (χ0) is 44.0.